The number of hydrogen-bond donors (Lipinski definition) is 2. The van der Waals surface area contributed by atoms with E-state index in [4.69, 9.17) is 4.42 Å². The fraction of sp³-hybridized carbons (Fsp3) is 0.286. The van der Waals surface area contributed by atoms with E-state index in [9.17, 15) is 4.79 Å². The summed E-state index contributed by atoms with van der Waals surface area (Å²) in [4.78, 5) is 15.8. The van der Waals surface area contributed by atoms with Crippen LogP contribution in [0.15, 0.2) is 41.1 Å². The lowest BCUT2D eigenvalue weighted by Gasteiger charge is -2.06. The summed E-state index contributed by atoms with van der Waals surface area (Å²) in [5, 5.41) is 5.95. The van der Waals surface area contributed by atoms with Crippen molar-refractivity contribution < 1.29 is 9.21 Å². The number of furan rings is 1. The molecular formula is C14H17N3O2. The molecule has 0 saturated heterocycles. The summed E-state index contributed by atoms with van der Waals surface area (Å²) in [7, 11) is 0. The van der Waals surface area contributed by atoms with Crippen LogP contribution in [0.3, 0.4) is 0 Å². The van der Waals surface area contributed by atoms with Crippen molar-refractivity contribution in [2.75, 3.05) is 11.9 Å². The molecule has 0 unspecified atom stereocenters. The third-order valence-corrected chi connectivity index (χ3v) is 2.58. The number of pyridine rings is 1. The molecule has 0 aliphatic heterocycles. The normalized spacial score (nSPS) is 10.2. The lowest BCUT2D eigenvalue weighted by molar-refractivity contribution is 0.0949. The number of anilines is 1. The first-order valence-electron chi connectivity index (χ1n) is 6.30. The van der Waals surface area contributed by atoms with Gasteiger partial charge >= 0.3 is 0 Å². The van der Waals surface area contributed by atoms with E-state index in [-0.39, 0.29) is 5.91 Å². The Morgan fingerprint density at radius 2 is 2.26 bits per heavy atom. The van der Waals surface area contributed by atoms with Gasteiger partial charge in [0.1, 0.15) is 11.5 Å². The molecule has 100 valence electrons. The highest BCUT2D eigenvalue weighted by molar-refractivity contribution is 5.92. The van der Waals surface area contributed by atoms with Crippen molar-refractivity contribution in [3.63, 3.8) is 0 Å². The van der Waals surface area contributed by atoms with E-state index in [1.165, 1.54) is 0 Å². The molecule has 5 heteroatoms. The van der Waals surface area contributed by atoms with Crippen LogP contribution in [-0.4, -0.2) is 17.4 Å². The number of carbonyl (C=O) groups excluding carboxylic acids is 1. The number of rotatable bonds is 6. The molecule has 0 saturated carbocycles. The molecule has 0 spiro atoms. The number of hydrogen-bond acceptors (Lipinski definition) is 4. The van der Waals surface area contributed by atoms with Crippen molar-refractivity contribution in [2.24, 2.45) is 0 Å². The number of nitrogens with one attached hydrogen (secondary N) is 2. The molecule has 2 N–H and O–H groups in total. The molecule has 0 bridgehead atoms. The average molecular weight is 259 g/mol. The Labute approximate surface area is 112 Å². The second kappa shape index (κ2) is 6.58. The first-order chi connectivity index (χ1) is 9.29. The summed E-state index contributed by atoms with van der Waals surface area (Å²) in [6, 6.07) is 7.27. The van der Waals surface area contributed by atoms with Crippen LogP contribution in [0.4, 0.5) is 5.69 Å². The molecule has 19 heavy (non-hydrogen) atoms. The van der Waals surface area contributed by atoms with Crippen molar-refractivity contribution >= 4 is 11.6 Å². The van der Waals surface area contributed by atoms with Crippen LogP contribution < -0.4 is 10.6 Å². The van der Waals surface area contributed by atoms with Gasteiger partial charge in [-0.15, -0.1) is 0 Å². The minimum Gasteiger partial charge on any atom is -0.467 e. The first kappa shape index (κ1) is 13.1. The zero-order valence-electron chi connectivity index (χ0n) is 10.8. The van der Waals surface area contributed by atoms with Crippen LogP contribution in [0.2, 0.25) is 0 Å². The van der Waals surface area contributed by atoms with Crippen LogP contribution in [-0.2, 0) is 6.54 Å². The standard InChI is InChI=1S/C14H17N3O2/c1-2-7-15-14(18)13-6-5-11(9-17-13)16-10-12-4-3-8-19-12/h3-6,8-9,16H,2,7,10H2,1H3,(H,15,18). The van der Waals surface area contributed by atoms with Gasteiger partial charge in [-0.1, -0.05) is 6.92 Å². The molecule has 0 atom stereocenters. The van der Waals surface area contributed by atoms with E-state index >= 15 is 0 Å². The second-order valence-electron chi connectivity index (χ2n) is 4.12. The molecule has 0 radical (unpaired) electrons. The predicted octanol–water partition coefficient (Wildman–Crippen LogP) is 2.43. The zero-order chi connectivity index (χ0) is 13.5. The molecule has 5 nitrogen and oxygen atoms in total. The number of carbonyl (C=O) groups is 1. The minimum absolute atomic E-state index is 0.139. The van der Waals surface area contributed by atoms with Crippen molar-refractivity contribution in [3.8, 4) is 0 Å². The maximum absolute atomic E-state index is 11.7. The molecule has 0 aromatic carbocycles. The second-order valence-corrected chi connectivity index (χ2v) is 4.12. The Morgan fingerprint density at radius 1 is 1.37 bits per heavy atom. The Balaban J connectivity index is 1.89. The van der Waals surface area contributed by atoms with Gasteiger partial charge < -0.3 is 15.1 Å². The van der Waals surface area contributed by atoms with Crippen LogP contribution in [0, 0.1) is 0 Å². The summed E-state index contributed by atoms with van der Waals surface area (Å²) in [5.74, 6) is 0.712. The third-order valence-electron chi connectivity index (χ3n) is 2.58. The van der Waals surface area contributed by atoms with E-state index in [2.05, 4.69) is 15.6 Å². The van der Waals surface area contributed by atoms with Crippen molar-refractivity contribution in [1.29, 1.82) is 0 Å². The Kier molecular flexibility index (Phi) is 4.55. The Morgan fingerprint density at radius 3 is 2.89 bits per heavy atom. The monoisotopic (exact) mass is 259 g/mol. The van der Waals surface area contributed by atoms with E-state index in [1.54, 1.807) is 18.5 Å². The highest BCUT2D eigenvalue weighted by Crippen LogP contribution is 2.09. The summed E-state index contributed by atoms with van der Waals surface area (Å²) in [5.41, 5.74) is 1.28. The van der Waals surface area contributed by atoms with Crippen LogP contribution in [0.25, 0.3) is 0 Å². The van der Waals surface area contributed by atoms with Crippen molar-refractivity contribution in [1.82, 2.24) is 10.3 Å². The van der Waals surface area contributed by atoms with Gasteiger partial charge in [0.15, 0.2) is 0 Å². The molecule has 2 heterocycles. The number of amides is 1. The summed E-state index contributed by atoms with van der Waals surface area (Å²) in [6.45, 7) is 3.27. The van der Waals surface area contributed by atoms with Gasteiger partial charge in [-0.2, -0.15) is 0 Å². The minimum atomic E-state index is -0.139. The van der Waals surface area contributed by atoms with Crippen molar-refractivity contribution in [2.45, 2.75) is 19.9 Å². The summed E-state index contributed by atoms with van der Waals surface area (Å²) < 4.78 is 5.21. The Hall–Kier alpha value is -2.30. The molecule has 2 rings (SSSR count). The molecule has 1 amide bonds. The van der Waals surface area contributed by atoms with Gasteiger partial charge in [0, 0.05) is 6.54 Å². The van der Waals surface area contributed by atoms with Gasteiger partial charge in [0.25, 0.3) is 5.91 Å². The van der Waals surface area contributed by atoms with Crippen LogP contribution in [0.1, 0.15) is 29.6 Å². The predicted molar refractivity (Wildman–Crippen MR) is 72.9 cm³/mol. The van der Waals surface area contributed by atoms with E-state index in [1.807, 2.05) is 25.1 Å². The molecule has 2 aromatic heterocycles. The lowest BCUT2D eigenvalue weighted by Crippen LogP contribution is -2.24. The van der Waals surface area contributed by atoms with Gasteiger partial charge in [0.2, 0.25) is 0 Å². The highest BCUT2D eigenvalue weighted by Gasteiger charge is 2.05. The quantitative estimate of drug-likeness (QED) is 0.836. The average Bonchev–Trinajstić information content (AvgIpc) is 2.96. The summed E-state index contributed by atoms with van der Waals surface area (Å²) in [6.07, 6.45) is 4.19. The largest absolute Gasteiger partial charge is 0.467 e. The fourth-order valence-electron chi connectivity index (χ4n) is 1.56. The fourth-order valence-corrected chi connectivity index (χ4v) is 1.56. The van der Waals surface area contributed by atoms with Crippen molar-refractivity contribution in [3.05, 3.63) is 48.2 Å². The van der Waals surface area contributed by atoms with Gasteiger partial charge in [-0.05, 0) is 30.7 Å². The van der Waals surface area contributed by atoms with Gasteiger partial charge in [-0.3, -0.25) is 4.79 Å². The number of nitrogens with zero attached hydrogens (tertiary/aromatic N) is 1. The van der Waals surface area contributed by atoms with E-state index < -0.39 is 0 Å². The topological polar surface area (TPSA) is 67.2 Å². The zero-order valence-corrected chi connectivity index (χ0v) is 10.8. The van der Waals surface area contributed by atoms with Gasteiger partial charge in [0.05, 0.1) is 24.7 Å². The summed E-state index contributed by atoms with van der Waals surface area (Å²) >= 11 is 0. The van der Waals surface area contributed by atoms with E-state index in [0.717, 1.165) is 17.9 Å². The van der Waals surface area contributed by atoms with Crippen LogP contribution in [0.5, 0.6) is 0 Å². The Bertz CT molecular complexity index is 506. The number of aromatic nitrogens is 1. The molecule has 0 aliphatic rings. The maximum Gasteiger partial charge on any atom is 0.269 e. The third kappa shape index (κ3) is 3.84. The SMILES string of the molecule is CCCNC(=O)c1ccc(NCc2ccco2)cn1. The van der Waals surface area contributed by atoms with Crippen LogP contribution >= 0.6 is 0 Å². The molecule has 0 aliphatic carbocycles. The first-order valence-corrected chi connectivity index (χ1v) is 6.30. The highest BCUT2D eigenvalue weighted by atomic mass is 16.3. The molecule has 2 aromatic rings. The van der Waals surface area contributed by atoms with Gasteiger partial charge in [-0.25, -0.2) is 4.98 Å². The molecule has 0 fully saturated rings. The molecular weight excluding hydrogens is 242 g/mol. The maximum atomic E-state index is 11.7. The lowest BCUT2D eigenvalue weighted by atomic mass is 10.3. The van der Waals surface area contributed by atoms with E-state index in [0.29, 0.717) is 18.8 Å². The smallest absolute Gasteiger partial charge is 0.269 e.